The molecule has 5 amide bonds. The third-order valence-corrected chi connectivity index (χ3v) is 7.60. The second-order valence-corrected chi connectivity index (χ2v) is 9.73. The van der Waals surface area contributed by atoms with E-state index in [-0.39, 0.29) is 37.4 Å². The number of halogens is 1. The predicted molar refractivity (Wildman–Crippen MR) is 139 cm³/mol. The van der Waals surface area contributed by atoms with E-state index in [0.717, 1.165) is 10.5 Å². The smallest absolute Gasteiger partial charge is 0.331 e. The molecule has 0 bridgehead atoms. The molecule has 1 N–H and O–H groups in total. The summed E-state index contributed by atoms with van der Waals surface area (Å²) in [6.45, 7) is 3.93. The highest BCUT2D eigenvalue weighted by Gasteiger charge is 2.58. The van der Waals surface area contributed by atoms with Crippen molar-refractivity contribution < 1.29 is 28.3 Å². The summed E-state index contributed by atoms with van der Waals surface area (Å²) in [4.78, 5) is 57.1. The van der Waals surface area contributed by atoms with E-state index in [0.29, 0.717) is 12.1 Å². The van der Waals surface area contributed by atoms with Gasteiger partial charge in [0.05, 0.1) is 11.7 Å². The number of piperidine rings is 1. The van der Waals surface area contributed by atoms with Gasteiger partial charge < -0.3 is 15.0 Å². The maximum atomic E-state index is 14.4. The van der Waals surface area contributed by atoms with E-state index in [1.807, 2.05) is 13.0 Å². The summed E-state index contributed by atoms with van der Waals surface area (Å²) in [6, 6.07) is 11.8. The van der Waals surface area contributed by atoms with E-state index in [1.165, 1.54) is 31.2 Å². The lowest BCUT2D eigenvalue weighted by atomic mass is 9.85. The SMILES string of the molecule is CCc1ccc(F)c(C(=O)N[C@@H](C(=O)N2CCC3(CC2)C(=O)N(C)C(=O)N3c2ccccc2)[C@H](C)OC)c1. The fourth-order valence-corrected chi connectivity index (χ4v) is 5.19. The molecule has 2 saturated heterocycles. The van der Waals surface area contributed by atoms with Crippen LogP contribution in [0, 0.1) is 5.82 Å². The van der Waals surface area contributed by atoms with Crippen molar-refractivity contribution in [3.05, 3.63) is 65.5 Å². The summed E-state index contributed by atoms with van der Waals surface area (Å²) in [7, 11) is 2.89. The van der Waals surface area contributed by atoms with Crippen molar-refractivity contribution in [1.29, 1.82) is 0 Å². The summed E-state index contributed by atoms with van der Waals surface area (Å²) in [5.74, 6) is -2.08. The number of likely N-dealkylation sites (tertiary alicyclic amines) is 1. The Morgan fingerprint density at radius 1 is 1.11 bits per heavy atom. The van der Waals surface area contributed by atoms with Crippen molar-refractivity contribution in [3.8, 4) is 0 Å². The highest BCUT2D eigenvalue weighted by molar-refractivity contribution is 6.16. The van der Waals surface area contributed by atoms with Gasteiger partial charge in [0.2, 0.25) is 5.91 Å². The topological polar surface area (TPSA) is 99.3 Å². The lowest BCUT2D eigenvalue weighted by Crippen LogP contribution is -2.61. The molecular formula is C28H33FN4O5. The Kier molecular flexibility index (Phi) is 7.82. The third-order valence-electron chi connectivity index (χ3n) is 7.60. The number of amides is 5. The minimum atomic E-state index is -1.10. The van der Waals surface area contributed by atoms with Crippen LogP contribution in [0.5, 0.6) is 0 Å². The van der Waals surface area contributed by atoms with Gasteiger partial charge in [-0.15, -0.1) is 0 Å². The zero-order valence-electron chi connectivity index (χ0n) is 22.1. The molecule has 9 nitrogen and oxygen atoms in total. The van der Waals surface area contributed by atoms with Crippen molar-refractivity contribution in [2.45, 2.75) is 50.8 Å². The monoisotopic (exact) mass is 524 g/mol. The molecule has 2 atom stereocenters. The summed E-state index contributed by atoms with van der Waals surface area (Å²) in [6.07, 6.45) is 0.403. The molecule has 2 aliphatic rings. The number of nitrogens with zero attached hydrogens (tertiary/aromatic N) is 3. The van der Waals surface area contributed by atoms with Gasteiger partial charge in [-0.25, -0.2) is 9.18 Å². The van der Waals surface area contributed by atoms with E-state index in [2.05, 4.69) is 5.32 Å². The number of rotatable bonds is 7. The molecule has 2 aromatic rings. The van der Waals surface area contributed by atoms with Crippen LogP contribution in [0.25, 0.3) is 0 Å². The van der Waals surface area contributed by atoms with Gasteiger partial charge in [-0.05, 0) is 56.0 Å². The third kappa shape index (κ3) is 4.76. The largest absolute Gasteiger partial charge is 0.379 e. The van der Waals surface area contributed by atoms with E-state index in [1.54, 1.807) is 42.2 Å². The summed E-state index contributed by atoms with van der Waals surface area (Å²) < 4.78 is 19.8. The first kappa shape index (κ1) is 27.3. The fourth-order valence-electron chi connectivity index (χ4n) is 5.19. The van der Waals surface area contributed by atoms with Crippen molar-refractivity contribution in [3.63, 3.8) is 0 Å². The van der Waals surface area contributed by atoms with Crippen LogP contribution in [0.2, 0.25) is 0 Å². The van der Waals surface area contributed by atoms with Crippen LogP contribution in [0.4, 0.5) is 14.9 Å². The van der Waals surface area contributed by atoms with Crippen molar-refractivity contribution in [2.24, 2.45) is 0 Å². The second-order valence-electron chi connectivity index (χ2n) is 9.73. The first-order valence-electron chi connectivity index (χ1n) is 12.7. The molecule has 202 valence electrons. The maximum absolute atomic E-state index is 14.4. The van der Waals surface area contributed by atoms with Crippen LogP contribution >= 0.6 is 0 Å². The number of hydrogen-bond acceptors (Lipinski definition) is 5. The van der Waals surface area contributed by atoms with Crippen LogP contribution in [-0.2, 0) is 20.7 Å². The van der Waals surface area contributed by atoms with Crippen LogP contribution < -0.4 is 10.2 Å². The molecule has 1 spiro atoms. The fraction of sp³-hybridized carbons (Fsp3) is 0.429. The number of likely N-dealkylation sites (N-methyl/N-ethyl adjacent to an activating group) is 1. The normalized spacial score (nSPS) is 18.6. The van der Waals surface area contributed by atoms with Gasteiger partial charge >= 0.3 is 6.03 Å². The number of imide groups is 1. The Hall–Kier alpha value is -3.79. The molecule has 0 aliphatic carbocycles. The van der Waals surface area contributed by atoms with Gasteiger partial charge in [0.25, 0.3) is 11.8 Å². The highest BCUT2D eigenvalue weighted by atomic mass is 19.1. The molecule has 0 saturated carbocycles. The van der Waals surface area contributed by atoms with E-state index < -0.39 is 41.3 Å². The lowest BCUT2D eigenvalue weighted by Gasteiger charge is -2.43. The molecule has 0 radical (unpaired) electrons. The molecule has 2 fully saturated rings. The molecular weight excluding hydrogens is 491 g/mol. The highest BCUT2D eigenvalue weighted by Crippen LogP contribution is 2.40. The molecule has 4 rings (SSSR count). The average Bonchev–Trinajstić information content (AvgIpc) is 3.12. The number of ether oxygens (including phenoxy) is 1. The minimum Gasteiger partial charge on any atom is -0.379 e. The number of carbonyl (C=O) groups excluding carboxylic acids is 4. The summed E-state index contributed by atoms with van der Waals surface area (Å²) in [5.41, 5.74) is 0.174. The number of benzene rings is 2. The molecule has 0 aromatic heterocycles. The second kappa shape index (κ2) is 10.9. The molecule has 0 unspecified atom stereocenters. The quantitative estimate of drug-likeness (QED) is 0.562. The van der Waals surface area contributed by atoms with Gasteiger partial charge in [0.1, 0.15) is 17.4 Å². The van der Waals surface area contributed by atoms with Crippen LogP contribution in [0.1, 0.15) is 42.6 Å². The van der Waals surface area contributed by atoms with Crippen LogP contribution in [-0.4, -0.2) is 78.5 Å². The van der Waals surface area contributed by atoms with Crippen molar-refractivity contribution >= 4 is 29.4 Å². The number of carbonyl (C=O) groups is 4. The zero-order valence-corrected chi connectivity index (χ0v) is 22.1. The zero-order chi connectivity index (χ0) is 27.6. The van der Waals surface area contributed by atoms with Gasteiger partial charge in [-0.3, -0.25) is 24.2 Å². The van der Waals surface area contributed by atoms with Gasteiger partial charge in [-0.2, -0.15) is 0 Å². The number of urea groups is 1. The van der Waals surface area contributed by atoms with Crippen molar-refractivity contribution in [1.82, 2.24) is 15.1 Å². The summed E-state index contributed by atoms with van der Waals surface area (Å²) in [5, 5.41) is 2.66. The number of para-hydroxylation sites is 1. The van der Waals surface area contributed by atoms with Gasteiger partial charge in [-0.1, -0.05) is 31.2 Å². The first-order chi connectivity index (χ1) is 18.1. The summed E-state index contributed by atoms with van der Waals surface area (Å²) >= 11 is 0. The Balaban J connectivity index is 1.54. The van der Waals surface area contributed by atoms with Gasteiger partial charge in [0.15, 0.2) is 0 Å². The first-order valence-corrected chi connectivity index (χ1v) is 12.7. The molecule has 2 aromatic carbocycles. The molecule has 38 heavy (non-hydrogen) atoms. The Labute approximate surface area is 221 Å². The van der Waals surface area contributed by atoms with Crippen LogP contribution in [0.3, 0.4) is 0 Å². The lowest BCUT2D eigenvalue weighted by molar-refractivity contribution is -0.141. The van der Waals surface area contributed by atoms with Gasteiger partial charge in [0, 0.05) is 32.9 Å². The Morgan fingerprint density at radius 3 is 2.37 bits per heavy atom. The molecule has 2 heterocycles. The molecule has 10 heteroatoms. The standard InChI is InChI=1S/C28H33FN4O5/c1-5-19-11-12-22(29)21(17-19)24(34)30-23(18(2)38-4)25(35)32-15-13-28(14-16-32)26(36)31(3)27(37)33(28)20-9-7-6-8-10-20/h6-12,17-18,23H,5,13-16H2,1-4H3,(H,30,34)/t18-,23+/m0/s1. The number of aryl methyl sites for hydroxylation is 1. The van der Waals surface area contributed by atoms with Crippen molar-refractivity contribution in [2.75, 3.05) is 32.1 Å². The number of methoxy groups -OCH3 is 1. The van der Waals surface area contributed by atoms with E-state index in [4.69, 9.17) is 4.74 Å². The Bertz CT molecular complexity index is 1230. The number of anilines is 1. The Morgan fingerprint density at radius 2 is 1.76 bits per heavy atom. The average molecular weight is 525 g/mol. The van der Waals surface area contributed by atoms with E-state index >= 15 is 0 Å². The van der Waals surface area contributed by atoms with Crippen LogP contribution in [0.15, 0.2) is 48.5 Å². The maximum Gasteiger partial charge on any atom is 0.331 e. The predicted octanol–water partition coefficient (Wildman–Crippen LogP) is 2.98. The number of nitrogens with one attached hydrogen (secondary N) is 1. The molecule has 2 aliphatic heterocycles. The van der Waals surface area contributed by atoms with E-state index in [9.17, 15) is 23.6 Å². The number of hydrogen-bond donors (Lipinski definition) is 1. The minimum absolute atomic E-state index is 0.139.